The monoisotopic (exact) mass is 461 g/mol. The summed E-state index contributed by atoms with van der Waals surface area (Å²) in [5.41, 5.74) is 1.71. The topological polar surface area (TPSA) is 98.7 Å². The van der Waals surface area contributed by atoms with E-state index in [1.165, 1.54) is 6.33 Å². The van der Waals surface area contributed by atoms with Gasteiger partial charge in [0.25, 0.3) is 5.88 Å². The SMILES string of the molecule is CCSc1ccc(Nc2ncnc(OC3CCN(C(=O)OC(C)C)CC3)c2OC)c(C)n1. The van der Waals surface area contributed by atoms with Crippen molar-refractivity contribution in [2.45, 2.75) is 57.8 Å². The number of methoxy groups -OCH3 is 1. The van der Waals surface area contributed by atoms with Crippen molar-refractivity contribution in [1.29, 1.82) is 0 Å². The van der Waals surface area contributed by atoms with Gasteiger partial charge in [0, 0.05) is 25.9 Å². The van der Waals surface area contributed by atoms with Crippen LogP contribution in [0.4, 0.5) is 16.3 Å². The van der Waals surface area contributed by atoms with Crippen molar-refractivity contribution < 1.29 is 19.0 Å². The Morgan fingerprint density at radius 1 is 1.28 bits per heavy atom. The predicted octanol–water partition coefficient (Wildman–Crippen LogP) is 4.43. The molecule has 9 nitrogen and oxygen atoms in total. The summed E-state index contributed by atoms with van der Waals surface area (Å²) in [4.78, 5) is 27.0. The van der Waals surface area contributed by atoms with E-state index in [4.69, 9.17) is 14.2 Å². The van der Waals surface area contributed by atoms with E-state index in [0.29, 0.717) is 43.4 Å². The molecule has 1 fully saturated rings. The summed E-state index contributed by atoms with van der Waals surface area (Å²) in [6.45, 7) is 8.88. The first-order valence-corrected chi connectivity index (χ1v) is 11.8. The van der Waals surface area contributed by atoms with Gasteiger partial charge >= 0.3 is 6.09 Å². The maximum Gasteiger partial charge on any atom is 0.410 e. The second-order valence-corrected chi connectivity index (χ2v) is 8.92. The first-order valence-electron chi connectivity index (χ1n) is 10.8. The van der Waals surface area contributed by atoms with Crippen molar-refractivity contribution in [2.24, 2.45) is 0 Å². The van der Waals surface area contributed by atoms with Crippen LogP contribution < -0.4 is 14.8 Å². The molecule has 1 aliphatic heterocycles. The van der Waals surface area contributed by atoms with Crippen LogP contribution in [0.15, 0.2) is 23.5 Å². The van der Waals surface area contributed by atoms with Crippen molar-refractivity contribution >= 4 is 29.4 Å². The number of ether oxygens (including phenoxy) is 3. The third-order valence-electron chi connectivity index (χ3n) is 4.90. The molecule has 10 heteroatoms. The first kappa shape index (κ1) is 23.9. The molecule has 0 spiro atoms. The van der Waals surface area contributed by atoms with E-state index in [1.807, 2.05) is 32.9 Å². The smallest absolute Gasteiger partial charge is 0.410 e. The average Bonchev–Trinajstić information content (AvgIpc) is 2.76. The van der Waals surface area contributed by atoms with Gasteiger partial charge in [-0.05, 0) is 38.7 Å². The first-order chi connectivity index (χ1) is 15.4. The zero-order chi connectivity index (χ0) is 23.1. The van der Waals surface area contributed by atoms with E-state index >= 15 is 0 Å². The van der Waals surface area contributed by atoms with Crippen LogP contribution in [-0.2, 0) is 4.74 Å². The van der Waals surface area contributed by atoms with Gasteiger partial charge < -0.3 is 24.4 Å². The van der Waals surface area contributed by atoms with Crippen LogP contribution in [0.25, 0.3) is 0 Å². The summed E-state index contributed by atoms with van der Waals surface area (Å²) < 4.78 is 17.0. The van der Waals surface area contributed by atoms with E-state index in [1.54, 1.807) is 23.8 Å². The molecule has 3 rings (SSSR count). The van der Waals surface area contributed by atoms with Gasteiger partial charge in [0.1, 0.15) is 12.4 Å². The molecule has 174 valence electrons. The van der Waals surface area contributed by atoms with Crippen molar-refractivity contribution in [1.82, 2.24) is 19.9 Å². The number of pyridine rings is 1. The zero-order valence-electron chi connectivity index (χ0n) is 19.3. The Balaban J connectivity index is 1.67. The van der Waals surface area contributed by atoms with Crippen LogP contribution >= 0.6 is 11.8 Å². The second kappa shape index (κ2) is 11.2. The van der Waals surface area contributed by atoms with Gasteiger partial charge in [-0.2, -0.15) is 4.98 Å². The fourth-order valence-corrected chi connectivity index (χ4v) is 3.99. The second-order valence-electron chi connectivity index (χ2n) is 7.64. The highest BCUT2D eigenvalue weighted by Crippen LogP contribution is 2.35. The molecular formula is C22H31N5O4S. The lowest BCUT2D eigenvalue weighted by Crippen LogP contribution is -2.42. The number of nitrogens with zero attached hydrogens (tertiary/aromatic N) is 4. The van der Waals surface area contributed by atoms with Gasteiger partial charge in [0.05, 0.1) is 29.6 Å². The Hall–Kier alpha value is -2.75. The fourth-order valence-electron chi connectivity index (χ4n) is 3.33. The lowest BCUT2D eigenvalue weighted by molar-refractivity contribution is 0.0500. The highest BCUT2D eigenvalue weighted by atomic mass is 32.2. The summed E-state index contributed by atoms with van der Waals surface area (Å²) in [6.07, 6.45) is 2.32. The molecule has 0 bridgehead atoms. The zero-order valence-corrected chi connectivity index (χ0v) is 20.1. The summed E-state index contributed by atoms with van der Waals surface area (Å²) >= 11 is 1.70. The number of anilines is 2. The number of nitrogens with one attached hydrogen (secondary N) is 1. The molecular weight excluding hydrogens is 430 g/mol. The van der Waals surface area contributed by atoms with Crippen molar-refractivity contribution in [3.8, 4) is 11.6 Å². The minimum atomic E-state index is -0.281. The Kier molecular flexibility index (Phi) is 8.38. The summed E-state index contributed by atoms with van der Waals surface area (Å²) in [7, 11) is 1.56. The van der Waals surface area contributed by atoms with E-state index in [0.717, 1.165) is 22.2 Å². The van der Waals surface area contributed by atoms with Gasteiger partial charge in [-0.15, -0.1) is 11.8 Å². The minimum Gasteiger partial charge on any atom is -0.489 e. The quantitative estimate of drug-likeness (QED) is 0.572. The van der Waals surface area contributed by atoms with Crippen LogP contribution in [0.1, 0.15) is 39.3 Å². The molecule has 1 N–H and O–H groups in total. The number of amides is 1. The number of aromatic nitrogens is 3. The van der Waals surface area contributed by atoms with Crippen LogP contribution in [0.3, 0.4) is 0 Å². The molecule has 2 aromatic rings. The van der Waals surface area contributed by atoms with Gasteiger partial charge in [0.15, 0.2) is 5.82 Å². The van der Waals surface area contributed by atoms with E-state index in [9.17, 15) is 4.79 Å². The molecule has 0 radical (unpaired) electrons. The van der Waals surface area contributed by atoms with Gasteiger partial charge in [-0.1, -0.05) is 6.92 Å². The van der Waals surface area contributed by atoms with E-state index < -0.39 is 0 Å². The Labute approximate surface area is 193 Å². The van der Waals surface area contributed by atoms with Crippen molar-refractivity contribution in [3.63, 3.8) is 0 Å². The number of aryl methyl sites for hydroxylation is 1. The molecule has 0 aromatic carbocycles. The number of thioether (sulfide) groups is 1. The maximum atomic E-state index is 12.1. The summed E-state index contributed by atoms with van der Waals surface area (Å²) in [5.74, 6) is 2.28. The normalized spacial score (nSPS) is 14.4. The van der Waals surface area contributed by atoms with Gasteiger partial charge in [-0.25, -0.2) is 14.8 Å². The summed E-state index contributed by atoms with van der Waals surface area (Å²) in [5, 5.41) is 4.27. The highest BCUT2D eigenvalue weighted by molar-refractivity contribution is 7.99. The largest absolute Gasteiger partial charge is 0.489 e. The predicted molar refractivity (Wildman–Crippen MR) is 124 cm³/mol. The van der Waals surface area contributed by atoms with Crippen LogP contribution in [0.2, 0.25) is 0 Å². The van der Waals surface area contributed by atoms with Crippen molar-refractivity contribution in [3.05, 3.63) is 24.2 Å². The molecule has 32 heavy (non-hydrogen) atoms. The fraction of sp³-hybridized carbons (Fsp3) is 0.545. The number of hydrogen-bond donors (Lipinski definition) is 1. The average molecular weight is 462 g/mol. The number of rotatable bonds is 8. The van der Waals surface area contributed by atoms with Gasteiger partial charge in [0.2, 0.25) is 5.75 Å². The van der Waals surface area contributed by atoms with Crippen molar-refractivity contribution in [2.75, 3.05) is 31.3 Å². The Morgan fingerprint density at radius 2 is 2.03 bits per heavy atom. The molecule has 2 aromatic heterocycles. The molecule has 0 atom stereocenters. The summed E-state index contributed by atoms with van der Waals surface area (Å²) in [6, 6.07) is 3.96. The lowest BCUT2D eigenvalue weighted by Gasteiger charge is -2.31. The molecule has 3 heterocycles. The van der Waals surface area contributed by atoms with E-state index in [-0.39, 0.29) is 18.3 Å². The molecule has 0 saturated carbocycles. The Morgan fingerprint density at radius 3 is 2.66 bits per heavy atom. The number of hydrogen-bond acceptors (Lipinski definition) is 9. The Bertz CT molecular complexity index is 919. The maximum absolute atomic E-state index is 12.1. The molecule has 1 saturated heterocycles. The standard InChI is InChI=1S/C22H31N5O4S/c1-6-32-18-8-7-17(15(4)25-18)26-20-19(29-5)21(24-13-23-20)31-16-9-11-27(12-10-16)22(28)30-14(2)3/h7-8,13-14,16H,6,9-12H2,1-5H3,(H,23,24,26). The van der Waals surface area contributed by atoms with E-state index in [2.05, 4.69) is 27.2 Å². The number of carbonyl (C=O) groups is 1. The number of piperidine rings is 1. The number of carbonyl (C=O) groups excluding carboxylic acids is 1. The van der Waals surface area contributed by atoms with Gasteiger partial charge in [-0.3, -0.25) is 0 Å². The van der Waals surface area contributed by atoms with Crippen LogP contribution in [0, 0.1) is 6.92 Å². The lowest BCUT2D eigenvalue weighted by atomic mass is 10.1. The third kappa shape index (κ3) is 6.15. The van der Waals surface area contributed by atoms with Crippen LogP contribution in [-0.4, -0.2) is 64.1 Å². The minimum absolute atomic E-state index is 0.0801. The molecule has 0 unspecified atom stereocenters. The highest BCUT2D eigenvalue weighted by Gasteiger charge is 2.27. The third-order valence-corrected chi connectivity index (χ3v) is 5.71. The number of likely N-dealkylation sites (tertiary alicyclic amines) is 1. The van der Waals surface area contributed by atoms with Crippen LogP contribution in [0.5, 0.6) is 11.6 Å². The molecule has 1 aliphatic rings. The molecule has 0 aliphatic carbocycles. The molecule has 1 amide bonds.